The van der Waals surface area contributed by atoms with Gasteiger partial charge in [-0.3, -0.25) is 0 Å². The first-order valence-electron chi connectivity index (χ1n) is 6.54. The van der Waals surface area contributed by atoms with E-state index in [1.165, 1.54) is 51.4 Å². The molecule has 96 valence electrons. The van der Waals surface area contributed by atoms with E-state index in [9.17, 15) is 0 Å². The van der Waals surface area contributed by atoms with Gasteiger partial charge in [-0.2, -0.15) is 0 Å². The standard InChI is InChI=1S/C9H17N.C5H10.Fe/c1-8(10(2)3)9-6-4-5-7-9;1-2-4-5-3-1;/h4,8H,5-7H2,1-3H3;1-5H2;. The van der Waals surface area contributed by atoms with Gasteiger partial charge >= 0.3 is 0 Å². The Balaban J connectivity index is 0.000000318. The Bertz CT molecular complexity index is 141. The summed E-state index contributed by atoms with van der Waals surface area (Å²) in [5, 5.41) is 0. The summed E-state index contributed by atoms with van der Waals surface area (Å²) < 4.78 is 0. The predicted octanol–water partition coefficient (Wildman–Crippen LogP) is 3.85. The first kappa shape index (κ1) is 16.5. The molecule has 0 aliphatic heterocycles. The smallest absolute Gasteiger partial charge is 0.0123 e. The van der Waals surface area contributed by atoms with Crippen LogP contribution in [0.4, 0.5) is 0 Å². The molecule has 2 rings (SSSR count). The summed E-state index contributed by atoms with van der Waals surface area (Å²) in [4.78, 5) is 2.29. The summed E-state index contributed by atoms with van der Waals surface area (Å²) in [6.45, 7) is 2.29. The fourth-order valence-electron chi connectivity index (χ4n) is 2.31. The summed E-state index contributed by atoms with van der Waals surface area (Å²) in [7, 11) is 4.30. The molecule has 2 saturated carbocycles. The molecule has 16 heavy (non-hydrogen) atoms. The zero-order valence-corrected chi connectivity index (χ0v) is 12.2. The number of rotatable bonds is 2. The number of hydrogen-bond donors (Lipinski definition) is 0. The summed E-state index contributed by atoms with van der Waals surface area (Å²) in [5.74, 6) is 1.70. The Morgan fingerprint density at radius 3 is 1.88 bits per heavy atom. The van der Waals surface area contributed by atoms with Gasteiger partial charge in [0.2, 0.25) is 0 Å². The molecule has 0 aromatic carbocycles. The first-order chi connectivity index (χ1) is 7.22. The van der Waals surface area contributed by atoms with Gasteiger partial charge in [0.25, 0.3) is 0 Å². The molecule has 2 aliphatic rings. The molecule has 2 aliphatic carbocycles. The van der Waals surface area contributed by atoms with Crippen LogP contribution in [-0.4, -0.2) is 25.0 Å². The molecule has 2 radical (unpaired) electrons. The molecule has 0 saturated heterocycles. The van der Waals surface area contributed by atoms with E-state index in [-0.39, 0.29) is 17.1 Å². The molecule has 0 bridgehead atoms. The Morgan fingerprint density at radius 2 is 1.56 bits per heavy atom. The molecular weight excluding hydrogens is 238 g/mol. The molecule has 1 unspecified atom stereocenters. The normalized spacial score (nSPS) is 22.5. The van der Waals surface area contributed by atoms with E-state index >= 15 is 0 Å². The van der Waals surface area contributed by atoms with E-state index < -0.39 is 0 Å². The second-order valence-corrected chi connectivity index (χ2v) is 5.10. The van der Waals surface area contributed by atoms with E-state index in [2.05, 4.69) is 32.3 Å². The summed E-state index contributed by atoms with van der Waals surface area (Å²) in [6.07, 6.45) is 13.8. The maximum atomic E-state index is 2.38. The molecule has 0 heterocycles. The summed E-state index contributed by atoms with van der Waals surface area (Å²) in [5.41, 5.74) is 0. The molecule has 2 heteroatoms. The Morgan fingerprint density at radius 1 is 1.06 bits per heavy atom. The monoisotopic (exact) mass is 265 g/mol. The van der Waals surface area contributed by atoms with Gasteiger partial charge in [0.05, 0.1) is 0 Å². The van der Waals surface area contributed by atoms with Crippen molar-refractivity contribution in [2.45, 2.75) is 64.3 Å². The second kappa shape index (κ2) is 9.50. The second-order valence-electron chi connectivity index (χ2n) is 5.10. The maximum absolute atomic E-state index is 2.38. The van der Waals surface area contributed by atoms with Crippen molar-refractivity contribution in [3.63, 3.8) is 0 Å². The van der Waals surface area contributed by atoms with E-state index in [1.807, 2.05) is 0 Å². The van der Waals surface area contributed by atoms with Gasteiger partial charge in [0.15, 0.2) is 0 Å². The van der Waals surface area contributed by atoms with Crippen molar-refractivity contribution in [3.8, 4) is 0 Å². The topological polar surface area (TPSA) is 3.24 Å². The van der Waals surface area contributed by atoms with Gasteiger partial charge < -0.3 is 4.90 Å². The molecule has 1 nitrogen and oxygen atoms in total. The Kier molecular flexibility index (Phi) is 9.79. The van der Waals surface area contributed by atoms with Crippen LogP contribution in [-0.2, 0) is 17.1 Å². The molecular formula is C14H27FeN. The third-order valence-corrected chi connectivity index (χ3v) is 3.69. The van der Waals surface area contributed by atoms with Gasteiger partial charge in [-0.05, 0) is 52.6 Å². The number of nitrogens with zero attached hydrogens (tertiary/aromatic N) is 1. The molecule has 0 N–H and O–H groups in total. The van der Waals surface area contributed by atoms with E-state index in [0.29, 0.717) is 6.04 Å². The average molecular weight is 265 g/mol. The molecule has 0 spiro atoms. The van der Waals surface area contributed by atoms with Crippen LogP contribution in [0.25, 0.3) is 0 Å². The van der Waals surface area contributed by atoms with Crippen molar-refractivity contribution in [2.24, 2.45) is 0 Å². The Labute approximate surface area is 113 Å². The van der Waals surface area contributed by atoms with Crippen LogP contribution in [0.3, 0.4) is 0 Å². The molecule has 0 aromatic rings. The third-order valence-electron chi connectivity index (χ3n) is 3.69. The average Bonchev–Trinajstić information content (AvgIpc) is 2.92. The van der Waals surface area contributed by atoms with Crippen LogP contribution >= 0.6 is 0 Å². The molecule has 0 amide bonds. The van der Waals surface area contributed by atoms with Crippen molar-refractivity contribution in [1.82, 2.24) is 4.90 Å². The van der Waals surface area contributed by atoms with Gasteiger partial charge in [-0.25, -0.2) is 0 Å². The van der Waals surface area contributed by atoms with Crippen molar-refractivity contribution < 1.29 is 17.1 Å². The minimum Gasteiger partial charge on any atom is -0.306 e. The SMILES string of the molecule is C1CCCC1.CC([C]1C[CH]CC1)N(C)C.[Fe]. The van der Waals surface area contributed by atoms with E-state index in [0.717, 1.165) is 0 Å². The molecule has 0 aromatic heterocycles. The fraction of sp³-hybridized carbons (Fsp3) is 0.857. The van der Waals surface area contributed by atoms with Crippen LogP contribution in [0, 0.1) is 12.3 Å². The zero-order chi connectivity index (χ0) is 11.1. The van der Waals surface area contributed by atoms with Gasteiger partial charge in [0, 0.05) is 23.1 Å². The van der Waals surface area contributed by atoms with Gasteiger partial charge in [-0.1, -0.05) is 32.1 Å². The van der Waals surface area contributed by atoms with Crippen molar-refractivity contribution in [1.29, 1.82) is 0 Å². The molecule has 1 atom stereocenters. The van der Waals surface area contributed by atoms with Gasteiger partial charge in [0.1, 0.15) is 0 Å². The number of hydrogen-bond acceptors (Lipinski definition) is 1. The molecule has 2 fully saturated rings. The maximum Gasteiger partial charge on any atom is 0.0123 e. The quantitative estimate of drug-likeness (QED) is 0.685. The predicted molar refractivity (Wildman–Crippen MR) is 67.6 cm³/mol. The van der Waals surface area contributed by atoms with Crippen LogP contribution in [0.15, 0.2) is 0 Å². The third kappa shape index (κ3) is 6.27. The minimum atomic E-state index is 0. The van der Waals surface area contributed by atoms with E-state index in [1.54, 1.807) is 5.92 Å². The van der Waals surface area contributed by atoms with Crippen LogP contribution in [0.1, 0.15) is 58.3 Å². The summed E-state index contributed by atoms with van der Waals surface area (Å²) >= 11 is 0. The van der Waals surface area contributed by atoms with Crippen molar-refractivity contribution in [3.05, 3.63) is 12.3 Å². The van der Waals surface area contributed by atoms with Crippen LogP contribution in [0.2, 0.25) is 0 Å². The summed E-state index contributed by atoms with van der Waals surface area (Å²) in [6, 6.07) is 0.679. The van der Waals surface area contributed by atoms with Crippen molar-refractivity contribution in [2.75, 3.05) is 14.1 Å². The minimum absolute atomic E-state index is 0. The van der Waals surface area contributed by atoms with Crippen LogP contribution < -0.4 is 0 Å². The van der Waals surface area contributed by atoms with E-state index in [4.69, 9.17) is 0 Å². The van der Waals surface area contributed by atoms with Crippen LogP contribution in [0.5, 0.6) is 0 Å². The largest absolute Gasteiger partial charge is 0.306 e. The zero-order valence-electron chi connectivity index (χ0n) is 11.1. The fourth-order valence-corrected chi connectivity index (χ4v) is 2.31. The van der Waals surface area contributed by atoms with Gasteiger partial charge in [-0.15, -0.1) is 0 Å². The Hall–Kier alpha value is 0.479. The van der Waals surface area contributed by atoms with Crippen molar-refractivity contribution >= 4 is 0 Å². The first-order valence-corrected chi connectivity index (χ1v) is 6.54.